The summed E-state index contributed by atoms with van der Waals surface area (Å²) in [5.74, 6) is 0. The van der Waals surface area contributed by atoms with Crippen LogP contribution in [0.3, 0.4) is 0 Å². The average Bonchev–Trinajstić information content (AvgIpc) is 2.93. The van der Waals surface area contributed by atoms with E-state index in [-0.39, 0.29) is 0 Å². The zero-order valence-electron chi connectivity index (χ0n) is 12.6. The Balaban J connectivity index is 1.94. The van der Waals surface area contributed by atoms with E-state index < -0.39 is 0 Å². The van der Waals surface area contributed by atoms with E-state index in [2.05, 4.69) is 47.8 Å². The van der Waals surface area contributed by atoms with Crippen molar-refractivity contribution < 1.29 is 0 Å². The third kappa shape index (κ3) is 4.04. The lowest BCUT2D eigenvalue weighted by Gasteiger charge is -2.46. The highest BCUT2D eigenvalue weighted by Crippen LogP contribution is 2.21. The molecule has 2 unspecified atom stereocenters. The van der Waals surface area contributed by atoms with E-state index in [1.807, 2.05) is 11.3 Å². The van der Waals surface area contributed by atoms with Crippen LogP contribution in [0.5, 0.6) is 0 Å². The Hall–Kier alpha value is -0.380. The molecule has 0 aromatic carbocycles. The molecule has 1 fully saturated rings. The molecule has 0 saturated carbocycles. The summed E-state index contributed by atoms with van der Waals surface area (Å²) in [6, 6.07) is 2.99. The van der Waals surface area contributed by atoms with Gasteiger partial charge in [-0.1, -0.05) is 20.3 Å². The Kier molecular flexibility index (Phi) is 5.43. The van der Waals surface area contributed by atoms with E-state index in [0.29, 0.717) is 5.54 Å². The van der Waals surface area contributed by atoms with Gasteiger partial charge in [-0.05, 0) is 48.6 Å². The Morgan fingerprint density at radius 1 is 1.47 bits per heavy atom. The molecule has 0 radical (unpaired) electrons. The number of hydrogen-bond donors (Lipinski definition) is 1. The largest absolute Gasteiger partial charge is 0.309 e. The van der Waals surface area contributed by atoms with Gasteiger partial charge in [0.15, 0.2) is 0 Å². The van der Waals surface area contributed by atoms with Gasteiger partial charge in [-0.15, -0.1) is 0 Å². The highest BCUT2D eigenvalue weighted by molar-refractivity contribution is 7.07. The van der Waals surface area contributed by atoms with E-state index in [4.69, 9.17) is 0 Å². The first-order valence-electron chi connectivity index (χ1n) is 7.67. The van der Waals surface area contributed by atoms with Crippen LogP contribution in [0.25, 0.3) is 0 Å². The molecule has 1 aromatic rings. The van der Waals surface area contributed by atoms with Gasteiger partial charge in [0, 0.05) is 31.2 Å². The van der Waals surface area contributed by atoms with E-state index in [0.717, 1.165) is 12.6 Å². The van der Waals surface area contributed by atoms with Gasteiger partial charge in [-0.2, -0.15) is 11.3 Å². The maximum absolute atomic E-state index is 3.76. The molecule has 1 saturated heterocycles. The number of piperazine rings is 1. The van der Waals surface area contributed by atoms with Gasteiger partial charge in [-0.3, -0.25) is 4.90 Å². The molecule has 1 aliphatic heterocycles. The van der Waals surface area contributed by atoms with Gasteiger partial charge in [0.1, 0.15) is 0 Å². The second-order valence-electron chi connectivity index (χ2n) is 6.09. The summed E-state index contributed by atoms with van der Waals surface area (Å²) in [7, 11) is 0. The first kappa shape index (κ1) is 15.0. The van der Waals surface area contributed by atoms with Crippen LogP contribution < -0.4 is 5.32 Å². The van der Waals surface area contributed by atoms with Crippen molar-refractivity contribution in [3.05, 3.63) is 22.4 Å². The summed E-state index contributed by atoms with van der Waals surface area (Å²) >= 11 is 1.81. The van der Waals surface area contributed by atoms with Gasteiger partial charge in [0.05, 0.1) is 0 Å². The minimum atomic E-state index is 0.304. The molecule has 2 nitrogen and oxygen atoms in total. The highest BCUT2D eigenvalue weighted by Gasteiger charge is 2.33. The second kappa shape index (κ2) is 6.87. The summed E-state index contributed by atoms with van der Waals surface area (Å²) < 4.78 is 0. The molecule has 0 amide bonds. The molecule has 108 valence electrons. The highest BCUT2D eigenvalue weighted by atomic mass is 32.1. The summed E-state index contributed by atoms with van der Waals surface area (Å²) in [5, 5.41) is 8.24. The van der Waals surface area contributed by atoms with E-state index in [9.17, 15) is 0 Å². The fourth-order valence-corrected chi connectivity index (χ4v) is 3.65. The van der Waals surface area contributed by atoms with Crippen LogP contribution in [-0.2, 0) is 6.42 Å². The van der Waals surface area contributed by atoms with Crippen LogP contribution in [0.1, 0.15) is 45.6 Å². The molecule has 0 bridgehead atoms. The molecular weight excluding hydrogens is 252 g/mol. The Labute approximate surface area is 122 Å². The fourth-order valence-electron chi connectivity index (χ4n) is 2.95. The normalized spacial score (nSPS) is 28.7. The molecule has 1 aliphatic rings. The predicted octanol–water partition coefficient (Wildman–Crippen LogP) is 3.53. The van der Waals surface area contributed by atoms with Crippen molar-refractivity contribution >= 4 is 11.3 Å². The molecule has 0 aliphatic carbocycles. The van der Waals surface area contributed by atoms with Crippen molar-refractivity contribution in [2.24, 2.45) is 0 Å². The molecule has 2 rings (SSSR count). The van der Waals surface area contributed by atoms with Crippen LogP contribution in [-0.4, -0.2) is 36.1 Å². The number of rotatable bonds is 6. The standard InChI is InChI=1S/C16H28N2S/c1-4-6-15-11-17-16(3,5-2)13-18(15)9-7-14-8-10-19-12-14/h8,10,12,15,17H,4-7,9,11,13H2,1-3H3. The smallest absolute Gasteiger partial charge is 0.0278 e. The molecule has 2 atom stereocenters. The Morgan fingerprint density at radius 2 is 2.32 bits per heavy atom. The maximum atomic E-state index is 3.76. The molecule has 1 aromatic heterocycles. The van der Waals surface area contributed by atoms with Crippen molar-refractivity contribution in [3.63, 3.8) is 0 Å². The Bertz CT molecular complexity index is 363. The third-order valence-electron chi connectivity index (χ3n) is 4.50. The molecule has 3 heteroatoms. The van der Waals surface area contributed by atoms with E-state index in [1.165, 1.54) is 44.3 Å². The predicted molar refractivity (Wildman–Crippen MR) is 85.0 cm³/mol. The fraction of sp³-hybridized carbons (Fsp3) is 0.750. The summed E-state index contributed by atoms with van der Waals surface area (Å²) in [4.78, 5) is 2.72. The van der Waals surface area contributed by atoms with Crippen LogP contribution in [0, 0.1) is 0 Å². The van der Waals surface area contributed by atoms with Crippen LogP contribution >= 0.6 is 11.3 Å². The monoisotopic (exact) mass is 280 g/mol. The van der Waals surface area contributed by atoms with Crippen molar-refractivity contribution in [2.45, 2.75) is 58.0 Å². The number of nitrogens with zero attached hydrogens (tertiary/aromatic N) is 1. The number of thiophene rings is 1. The molecule has 1 N–H and O–H groups in total. The lowest BCUT2D eigenvalue weighted by molar-refractivity contribution is 0.0802. The van der Waals surface area contributed by atoms with Gasteiger partial charge < -0.3 is 5.32 Å². The molecule has 19 heavy (non-hydrogen) atoms. The van der Waals surface area contributed by atoms with Crippen molar-refractivity contribution in [3.8, 4) is 0 Å². The van der Waals surface area contributed by atoms with Crippen molar-refractivity contribution in [1.82, 2.24) is 10.2 Å². The topological polar surface area (TPSA) is 15.3 Å². The quantitative estimate of drug-likeness (QED) is 0.857. The average molecular weight is 280 g/mol. The van der Waals surface area contributed by atoms with E-state index in [1.54, 1.807) is 0 Å². The summed E-state index contributed by atoms with van der Waals surface area (Å²) in [5.41, 5.74) is 1.80. The zero-order valence-corrected chi connectivity index (χ0v) is 13.4. The summed E-state index contributed by atoms with van der Waals surface area (Å²) in [6.45, 7) is 10.5. The van der Waals surface area contributed by atoms with Gasteiger partial charge >= 0.3 is 0 Å². The van der Waals surface area contributed by atoms with Gasteiger partial charge in [0.25, 0.3) is 0 Å². The van der Waals surface area contributed by atoms with E-state index >= 15 is 0 Å². The first-order valence-corrected chi connectivity index (χ1v) is 8.61. The molecule has 0 spiro atoms. The van der Waals surface area contributed by atoms with Crippen LogP contribution in [0.2, 0.25) is 0 Å². The minimum absolute atomic E-state index is 0.304. The zero-order chi connectivity index (χ0) is 13.7. The minimum Gasteiger partial charge on any atom is -0.309 e. The molecular formula is C16H28N2S. The lowest BCUT2D eigenvalue weighted by Crippen LogP contribution is -2.62. The third-order valence-corrected chi connectivity index (χ3v) is 5.23. The summed E-state index contributed by atoms with van der Waals surface area (Å²) in [6.07, 6.45) is 5.00. The maximum Gasteiger partial charge on any atom is 0.0278 e. The van der Waals surface area contributed by atoms with Gasteiger partial charge in [0.2, 0.25) is 0 Å². The number of nitrogens with one attached hydrogen (secondary N) is 1. The van der Waals surface area contributed by atoms with Crippen molar-refractivity contribution in [2.75, 3.05) is 19.6 Å². The second-order valence-corrected chi connectivity index (χ2v) is 6.87. The number of hydrogen-bond acceptors (Lipinski definition) is 3. The van der Waals surface area contributed by atoms with Crippen LogP contribution in [0.15, 0.2) is 16.8 Å². The van der Waals surface area contributed by atoms with Crippen molar-refractivity contribution in [1.29, 1.82) is 0 Å². The van der Waals surface area contributed by atoms with Crippen LogP contribution in [0.4, 0.5) is 0 Å². The Morgan fingerprint density at radius 3 is 2.95 bits per heavy atom. The molecule has 2 heterocycles. The van der Waals surface area contributed by atoms with Gasteiger partial charge in [-0.25, -0.2) is 0 Å². The SMILES string of the molecule is CCCC1CNC(C)(CC)CN1CCc1ccsc1. The first-order chi connectivity index (χ1) is 9.17. The lowest BCUT2D eigenvalue weighted by atomic mass is 9.92.